The number of fused-ring (bicyclic) bond motifs is 3. The molecule has 0 aromatic heterocycles. The highest BCUT2D eigenvalue weighted by atomic mass is 32.2. The third-order valence-electron chi connectivity index (χ3n) is 7.47. The molecule has 6 aromatic carbocycles. The Bertz CT molecular complexity index is 2990. The Morgan fingerprint density at radius 1 is 0.392 bits per heavy atom. The summed E-state index contributed by atoms with van der Waals surface area (Å²) in [5.41, 5.74) is 0.350. The maximum absolute atomic E-state index is 12.0. The van der Waals surface area contributed by atoms with Crippen molar-refractivity contribution in [2.45, 2.75) is 19.6 Å². The third-order valence-corrected chi connectivity index (χ3v) is 10.9. The van der Waals surface area contributed by atoms with Crippen molar-refractivity contribution >= 4 is 95.5 Å². The summed E-state index contributed by atoms with van der Waals surface area (Å²) in [6.45, 7) is 0. The van der Waals surface area contributed by atoms with Crippen LogP contribution in [-0.4, -0.2) is 57.0 Å². The van der Waals surface area contributed by atoms with E-state index in [1.165, 1.54) is 24.3 Å². The number of phenolic OH excluding ortho intramolecular Hbond substituents is 1. The van der Waals surface area contributed by atoms with Crippen molar-refractivity contribution in [3.05, 3.63) is 91.0 Å². The molecule has 0 amide bonds. The first kappa shape index (κ1) is 35.6. The molecule has 0 atom stereocenters. The van der Waals surface area contributed by atoms with Gasteiger partial charge in [-0.05, 0) is 66.0 Å². The molecule has 51 heavy (non-hydrogen) atoms. The Labute approximate surface area is 288 Å². The van der Waals surface area contributed by atoms with Crippen LogP contribution < -0.4 is 0 Å². The highest BCUT2D eigenvalue weighted by molar-refractivity contribution is 7.86. The summed E-state index contributed by atoms with van der Waals surface area (Å²) in [5, 5.41) is 27.7. The number of azo groups is 2. The topological polar surface area (TPSA) is 287 Å². The lowest BCUT2D eigenvalue weighted by atomic mass is 10.1. The van der Waals surface area contributed by atoms with Gasteiger partial charge in [-0.3, -0.25) is 18.2 Å². The van der Waals surface area contributed by atoms with Crippen LogP contribution in [0.5, 0.6) is 5.75 Å². The van der Waals surface area contributed by atoms with E-state index in [1.807, 2.05) is 0 Å². The molecule has 0 aliphatic carbocycles. The molecule has 21 heteroatoms. The molecule has 17 nitrogen and oxygen atoms in total. The molecule has 0 saturated heterocycles. The largest absolute Gasteiger partial charge is 0.506 e. The van der Waals surface area contributed by atoms with Crippen LogP contribution in [0.4, 0.5) is 22.7 Å². The first-order valence-corrected chi connectivity index (χ1v) is 19.6. The maximum Gasteiger partial charge on any atom is 0.298 e. The molecule has 6 rings (SSSR count). The summed E-state index contributed by atoms with van der Waals surface area (Å²) in [6.07, 6.45) is 0. The molecule has 0 saturated carbocycles. The fourth-order valence-electron chi connectivity index (χ4n) is 5.19. The van der Waals surface area contributed by atoms with Crippen molar-refractivity contribution < 1.29 is 57.0 Å². The van der Waals surface area contributed by atoms with Gasteiger partial charge in [-0.15, -0.1) is 20.5 Å². The fraction of sp³-hybridized carbons (Fsp3) is 0. The van der Waals surface area contributed by atoms with Gasteiger partial charge in [-0.2, -0.15) is 33.7 Å². The summed E-state index contributed by atoms with van der Waals surface area (Å²) < 4.78 is 133. The van der Waals surface area contributed by atoms with Crippen molar-refractivity contribution in [2.24, 2.45) is 20.5 Å². The third kappa shape index (κ3) is 7.17. The quantitative estimate of drug-likeness (QED) is 0.0799. The van der Waals surface area contributed by atoms with Crippen molar-refractivity contribution in [2.75, 3.05) is 0 Å². The molecule has 0 aliphatic heterocycles. The van der Waals surface area contributed by atoms with Gasteiger partial charge >= 0.3 is 0 Å². The van der Waals surface area contributed by atoms with Gasteiger partial charge in [-0.1, -0.05) is 30.3 Å². The smallest absolute Gasteiger partial charge is 0.298 e. The number of nitrogens with zero attached hydrogens (tertiary/aromatic N) is 4. The molecule has 6 aromatic rings. The van der Waals surface area contributed by atoms with Crippen molar-refractivity contribution in [1.82, 2.24) is 0 Å². The van der Waals surface area contributed by atoms with E-state index in [0.29, 0.717) is 10.8 Å². The normalized spacial score (nSPS) is 13.3. The van der Waals surface area contributed by atoms with Crippen LogP contribution in [0.25, 0.3) is 32.3 Å². The minimum atomic E-state index is -4.92. The molecule has 5 N–H and O–H groups in total. The Balaban J connectivity index is 1.45. The summed E-state index contributed by atoms with van der Waals surface area (Å²) in [6, 6.07) is 18.5. The molecular weight excluding hydrogens is 753 g/mol. The first-order chi connectivity index (χ1) is 23.7. The number of hydrogen-bond donors (Lipinski definition) is 5. The molecule has 0 heterocycles. The Hall–Kier alpha value is -5.26. The molecule has 262 valence electrons. The molecule has 0 fully saturated rings. The predicted octanol–water partition coefficient (Wildman–Crippen LogP) is 6.67. The van der Waals surface area contributed by atoms with E-state index in [-0.39, 0.29) is 44.3 Å². The van der Waals surface area contributed by atoms with E-state index in [1.54, 1.807) is 24.3 Å². The predicted molar refractivity (Wildman–Crippen MR) is 181 cm³/mol. The number of rotatable bonds is 8. The molecular formula is C30H20N4O13S4. The Kier molecular flexibility index (Phi) is 8.72. The van der Waals surface area contributed by atoms with Crippen LogP contribution in [-0.2, 0) is 40.5 Å². The lowest BCUT2D eigenvalue weighted by molar-refractivity contribution is 0.444. The van der Waals surface area contributed by atoms with Crippen LogP contribution in [0, 0.1) is 0 Å². The van der Waals surface area contributed by atoms with Crippen LogP contribution in [0.1, 0.15) is 0 Å². The molecule has 0 spiro atoms. The molecule has 0 bridgehead atoms. The van der Waals surface area contributed by atoms with Crippen LogP contribution in [0.2, 0.25) is 0 Å². The van der Waals surface area contributed by atoms with Crippen molar-refractivity contribution in [3.63, 3.8) is 0 Å². The monoisotopic (exact) mass is 772 g/mol. The SMILES string of the molecule is O=S(=O)(O)c1cc(N=Nc2ccc(N=Nc3ccc(S(=O)(=O)O)c4cc(S(=O)(=O)O)ccc34)c3ccccc23)c2cc(O)c(S(=O)(=O)O)cc2c1. The second-order valence-corrected chi connectivity index (χ2v) is 16.3. The zero-order valence-electron chi connectivity index (χ0n) is 25.1. The zero-order valence-corrected chi connectivity index (χ0v) is 28.4. The number of hydrogen-bond acceptors (Lipinski definition) is 13. The van der Waals surface area contributed by atoms with Gasteiger partial charge in [0.05, 0.1) is 32.5 Å². The Morgan fingerprint density at radius 2 is 0.882 bits per heavy atom. The highest BCUT2D eigenvalue weighted by Gasteiger charge is 2.22. The van der Waals surface area contributed by atoms with E-state index in [9.17, 15) is 57.0 Å². The molecule has 0 aliphatic rings. The van der Waals surface area contributed by atoms with Crippen LogP contribution in [0.15, 0.2) is 131 Å². The van der Waals surface area contributed by atoms with Gasteiger partial charge in [0.25, 0.3) is 40.5 Å². The zero-order chi connectivity index (χ0) is 37.1. The summed E-state index contributed by atoms with van der Waals surface area (Å²) in [5.74, 6) is -0.861. The van der Waals surface area contributed by atoms with Crippen molar-refractivity contribution in [3.8, 4) is 5.75 Å². The second-order valence-electron chi connectivity index (χ2n) is 10.7. The summed E-state index contributed by atoms with van der Waals surface area (Å²) in [4.78, 5) is -2.84. The summed E-state index contributed by atoms with van der Waals surface area (Å²) in [7, 11) is -19.3. The fourth-order valence-corrected chi connectivity index (χ4v) is 7.51. The van der Waals surface area contributed by atoms with Gasteiger partial charge < -0.3 is 5.11 Å². The number of benzene rings is 6. The van der Waals surface area contributed by atoms with Gasteiger partial charge in [-0.25, -0.2) is 0 Å². The Morgan fingerprint density at radius 3 is 1.39 bits per heavy atom. The second kappa shape index (κ2) is 12.5. The average Bonchev–Trinajstić information content (AvgIpc) is 3.03. The van der Waals surface area contributed by atoms with E-state index in [4.69, 9.17) is 0 Å². The van der Waals surface area contributed by atoms with Crippen LogP contribution in [0.3, 0.4) is 0 Å². The van der Waals surface area contributed by atoms with Gasteiger partial charge in [0, 0.05) is 26.9 Å². The molecule has 0 unspecified atom stereocenters. The average molecular weight is 773 g/mol. The minimum Gasteiger partial charge on any atom is -0.506 e. The standard InChI is InChI=1S/C30H20N4O13S4/c35-28-15-22-16(12-30(28)51(45,46)47)11-18(49(39,40)41)14-27(22)34-33-25-8-7-24(19-3-1-2-4-20(19)25)31-32-26-9-10-29(50(42,43)44)23-13-17(48(36,37)38)5-6-21(23)26/h1-15,35H,(H,36,37,38)(H,39,40,41)(H,42,43,44)(H,45,46,47). The lowest BCUT2D eigenvalue weighted by Gasteiger charge is -2.09. The van der Waals surface area contributed by atoms with E-state index in [0.717, 1.165) is 42.5 Å². The number of aromatic hydroxyl groups is 1. The first-order valence-electron chi connectivity index (χ1n) is 13.8. The minimum absolute atomic E-state index is 0.0155. The van der Waals surface area contributed by atoms with E-state index in [2.05, 4.69) is 20.5 Å². The lowest BCUT2D eigenvalue weighted by Crippen LogP contribution is -2.01. The summed E-state index contributed by atoms with van der Waals surface area (Å²) >= 11 is 0. The van der Waals surface area contributed by atoms with Gasteiger partial charge in [0.2, 0.25) is 0 Å². The van der Waals surface area contributed by atoms with E-state index >= 15 is 0 Å². The van der Waals surface area contributed by atoms with Crippen LogP contribution >= 0.6 is 0 Å². The maximum atomic E-state index is 12.0. The highest BCUT2D eigenvalue weighted by Crippen LogP contribution is 2.40. The van der Waals surface area contributed by atoms with Gasteiger partial charge in [0.15, 0.2) is 0 Å². The number of phenols is 1. The molecule has 0 radical (unpaired) electrons. The van der Waals surface area contributed by atoms with E-state index < -0.39 is 65.8 Å². The van der Waals surface area contributed by atoms with Crippen molar-refractivity contribution in [1.29, 1.82) is 0 Å². The van der Waals surface area contributed by atoms with Gasteiger partial charge in [0.1, 0.15) is 15.5 Å².